The monoisotopic (exact) mass is 198 g/mol. The highest BCUT2D eigenvalue weighted by molar-refractivity contribution is 5.81. The highest BCUT2D eigenvalue weighted by Gasteiger charge is 2.16. The zero-order valence-corrected chi connectivity index (χ0v) is 8.44. The summed E-state index contributed by atoms with van der Waals surface area (Å²) in [5, 5.41) is 10.1. The Morgan fingerprint density at radius 3 is 2.57 bits per heavy atom. The summed E-state index contributed by atoms with van der Waals surface area (Å²) in [4.78, 5) is 11.2. The predicted octanol–water partition coefficient (Wildman–Crippen LogP) is -0.0976. The molecule has 1 amide bonds. The van der Waals surface area contributed by atoms with Crippen LogP contribution in [0.25, 0.3) is 0 Å². The summed E-state index contributed by atoms with van der Waals surface area (Å²) in [6.07, 6.45) is 0. The molecule has 6 nitrogen and oxygen atoms in total. The van der Waals surface area contributed by atoms with E-state index < -0.39 is 6.04 Å². The van der Waals surface area contributed by atoms with Crippen LogP contribution < -0.4 is 11.1 Å². The van der Waals surface area contributed by atoms with Gasteiger partial charge >= 0.3 is 0 Å². The summed E-state index contributed by atoms with van der Waals surface area (Å²) < 4.78 is 5.15. The molecule has 0 radical (unpaired) electrons. The van der Waals surface area contributed by atoms with Gasteiger partial charge in [0.05, 0.1) is 6.04 Å². The summed E-state index contributed by atoms with van der Waals surface area (Å²) in [7, 11) is 0. The van der Waals surface area contributed by atoms with Gasteiger partial charge < -0.3 is 15.5 Å². The standard InChI is InChI=1S/C8H14N4O2/c1-4(9)7(13)10-5(2)8-12-11-6(3)14-8/h4-5H,9H2,1-3H3,(H,10,13)/t4-,5?/m1/s1. The summed E-state index contributed by atoms with van der Waals surface area (Å²) >= 11 is 0. The van der Waals surface area contributed by atoms with E-state index in [0.29, 0.717) is 11.8 Å². The smallest absolute Gasteiger partial charge is 0.238 e. The number of aromatic nitrogens is 2. The van der Waals surface area contributed by atoms with Gasteiger partial charge in [0, 0.05) is 6.92 Å². The van der Waals surface area contributed by atoms with Crippen LogP contribution in [0.1, 0.15) is 31.7 Å². The lowest BCUT2D eigenvalue weighted by molar-refractivity contribution is -0.122. The summed E-state index contributed by atoms with van der Waals surface area (Å²) in [6.45, 7) is 5.06. The van der Waals surface area contributed by atoms with Gasteiger partial charge in [-0.3, -0.25) is 4.79 Å². The lowest BCUT2D eigenvalue weighted by atomic mass is 10.3. The lowest BCUT2D eigenvalue weighted by Crippen LogP contribution is -2.39. The number of hydrogen-bond donors (Lipinski definition) is 2. The molecule has 0 aromatic carbocycles. The highest BCUT2D eigenvalue weighted by Crippen LogP contribution is 2.09. The molecule has 0 fully saturated rings. The number of carbonyl (C=O) groups excluding carboxylic acids is 1. The van der Waals surface area contributed by atoms with Crippen LogP contribution in [0.2, 0.25) is 0 Å². The highest BCUT2D eigenvalue weighted by atomic mass is 16.4. The summed E-state index contributed by atoms with van der Waals surface area (Å²) in [5.74, 6) is 0.617. The molecule has 1 aromatic rings. The van der Waals surface area contributed by atoms with E-state index in [-0.39, 0.29) is 11.9 Å². The van der Waals surface area contributed by atoms with Crippen LogP contribution in [-0.4, -0.2) is 22.1 Å². The molecule has 1 aromatic heterocycles. The Bertz CT molecular complexity index is 321. The molecule has 0 saturated carbocycles. The van der Waals surface area contributed by atoms with Crippen molar-refractivity contribution in [3.05, 3.63) is 11.8 Å². The van der Waals surface area contributed by atoms with Crippen molar-refractivity contribution < 1.29 is 9.21 Å². The average molecular weight is 198 g/mol. The van der Waals surface area contributed by atoms with E-state index in [4.69, 9.17) is 10.2 Å². The van der Waals surface area contributed by atoms with E-state index >= 15 is 0 Å². The van der Waals surface area contributed by atoms with E-state index in [1.54, 1.807) is 20.8 Å². The number of hydrogen-bond acceptors (Lipinski definition) is 5. The summed E-state index contributed by atoms with van der Waals surface area (Å²) in [5.41, 5.74) is 5.39. The van der Waals surface area contributed by atoms with Gasteiger partial charge in [0.25, 0.3) is 0 Å². The van der Waals surface area contributed by atoms with Gasteiger partial charge in [-0.05, 0) is 13.8 Å². The van der Waals surface area contributed by atoms with E-state index in [2.05, 4.69) is 15.5 Å². The van der Waals surface area contributed by atoms with Crippen molar-refractivity contribution in [3.63, 3.8) is 0 Å². The van der Waals surface area contributed by atoms with Crippen molar-refractivity contribution in [3.8, 4) is 0 Å². The van der Waals surface area contributed by atoms with Gasteiger partial charge in [-0.2, -0.15) is 0 Å². The minimum atomic E-state index is -0.540. The molecule has 14 heavy (non-hydrogen) atoms. The van der Waals surface area contributed by atoms with Crippen molar-refractivity contribution in [2.75, 3.05) is 0 Å². The first-order valence-corrected chi connectivity index (χ1v) is 4.36. The molecule has 2 atom stereocenters. The SMILES string of the molecule is Cc1nnc(C(C)NC(=O)[C@@H](C)N)o1. The van der Waals surface area contributed by atoms with Crippen LogP contribution in [0.15, 0.2) is 4.42 Å². The van der Waals surface area contributed by atoms with Gasteiger partial charge in [-0.15, -0.1) is 10.2 Å². The molecule has 0 spiro atoms. The maximum atomic E-state index is 11.2. The molecular weight excluding hydrogens is 184 g/mol. The average Bonchev–Trinajstić information content (AvgIpc) is 2.51. The van der Waals surface area contributed by atoms with E-state index in [0.717, 1.165) is 0 Å². The number of amides is 1. The van der Waals surface area contributed by atoms with Crippen LogP contribution in [0.4, 0.5) is 0 Å². The van der Waals surface area contributed by atoms with Crippen LogP contribution in [-0.2, 0) is 4.79 Å². The maximum absolute atomic E-state index is 11.2. The van der Waals surface area contributed by atoms with E-state index in [1.165, 1.54) is 0 Å². The Morgan fingerprint density at radius 1 is 1.50 bits per heavy atom. The Hall–Kier alpha value is -1.43. The number of rotatable bonds is 3. The quantitative estimate of drug-likeness (QED) is 0.707. The number of aryl methyl sites for hydroxylation is 1. The first kappa shape index (κ1) is 10.6. The number of nitrogens with one attached hydrogen (secondary N) is 1. The third-order valence-electron chi connectivity index (χ3n) is 1.68. The fraction of sp³-hybridized carbons (Fsp3) is 0.625. The number of carbonyl (C=O) groups is 1. The molecule has 1 heterocycles. The molecule has 0 bridgehead atoms. The lowest BCUT2D eigenvalue weighted by Gasteiger charge is -2.11. The third kappa shape index (κ3) is 2.53. The molecule has 0 saturated heterocycles. The van der Waals surface area contributed by atoms with Gasteiger partial charge in [-0.25, -0.2) is 0 Å². The second-order valence-corrected chi connectivity index (χ2v) is 3.18. The Labute approximate surface area is 81.9 Å². The Morgan fingerprint density at radius 2 is 2.14 bits per heavy atom. The second-order valence-electron chi connectivity index (χ2n) is 3.18. The molecule has 6 heteroatoms. The predicted molar refractivity (Wildman–Crippen MR) is 49.2 cm³/mol. The molecule has 78 valence electrons. The molecular formula is C8H14N4O2. The molecule has 0 aliphatic carbocycles. The first-order chi connectivity index (χ1) is 6.50. The zero-order valence-electron chi connectivity index (χ0n) is 8.44. The second kappa shape index (κ2) is 4.19. The minimum absolute atomic E-state index is 0.242. The Balaban J connectivity index is 2.59. The Kier molecular flexibility index (Phi) is 3.19. The van der Waals surface area contributed by atoms with Crippen molar-refractivity contribution in [1.82, 2.24) is 15.5 Å². The largest absolute Gasteiger partial charge is 0.423 e. The van der Waals surface area contributed by atoms with Crippen molar-refractivity contribution >= 4 is 5.91 Å². The van der Waals surface area contributed by atoms with Gasteiger partial charge in [0.2, 0.25) is 17.7 Å². The summed E-state index contributed by atoms with van der Waals surface area (Å²) in [6, 6.07) is -0.851. The molecule has 3 N–H and O–H groups in total. The fourth-order valence-electron chi connectivity index (χ4n) is 0.893. The van der Waals surface area contributed by atoms with E-state index in [1.807, 2.05) is 0 Å². The topological polar surface area (TPSA) is 94.0 Å². The van der Waals surface area contributed by atoms with Crippen molar-refractivity contribution in [1.29, 1.82) is 0 Å². The van der Waals surface area contributed by atoms with Gasteiger partial charge in [0.1, 0.15) is 6.04 Å². The maximum Gasteiger partial charge on any atom is 0.238 e. The van der Waals surface area contributed by atoms with Crippen LogP contribution in [0, 0.1) is 6.92 Å². The van der Waals surface area contributed by atoms with Crippen molar-refractivity contribution in [2.45, 2.75) is 32.9 Å². The van der Waals surface area contributed by atoms with Crippen LogP contribution in [0.3, 0.4) is 0 Å². The third-order valence-corrected chi connectivity index (χ3v) is 1.68. The molecule has 0 aliphatic heterocycles. The van der Waals surface area contributed by atoms with Gasteiger partial charge in [0.15, 0.2) is 0 Å². The normalized spacial score (nSPS) is 14.9. The first-order valence-electron chi connectivity index (χ1n) is 4.36. The van der Waals surface area contributed by atoms with Crippen molar-refractivity contribution in [2.24, 2.45) is 5.73 Å². The van der Waals surface area contributed by atoms with Crippen LogP contribution >= 0.6 is 0 Å². The molecule has 1 rings (SSSR count). The number of nitrogens with zero attached hydrogens (tertiary/aromatic N) is 2. The zero-order chi connectivity index (χ0) is 10.7. The van der Waals surface area contributed by atoms with Gasteiger partial charge in [-0.1, -0.05) is 0 Å². The van der Waals surface area contributed by atoms with E-state index in [9.17, 15) is 4.79 Å². The minimum Gasteiger partial charge on any atom is -0.423 e. The van der Waals surface area contributed by atoms with Crippen LogP contribution in [0.5, 0.6) is 0 Å². The fourth-order valence-corrected chi connectivity index (χ4v) is 0.893. The molecule has 1 unspecified atom stereocenters. The molecule has 0 aliphatic rings. The number of nitrogens with two attached hydrogens (primary N) is 1.